The Hall–Kier alpha value is -4.03. The van der Waals surface area contributed by atoms with E-state index in [1.165, 1.54) is 138 Å². The highest BCUT2D eigenvalue weighted by Crippen LogP contribution is 2.30. The van der Waals surface area contributed by atoms with Crippen LogP contribution in [0.5, 0.6) is 0 Å². The summed E-state index contributed by atoms with van der Waals surface area (Å²) in [4.78, 5) is 102. The zero-order valence-corrected chi connectivity index (χ0v) is 59.5. The fourth-order valence-corrected chi connectivity index (χ4v) is 11.4. The van der Waals surface area contributed by atoms with Crippen LogP contribution in [0.25, 0.3) is 0 Å². The summed E-state index contributed by atoms with van der Waals surface area (Å²) in [7, 11) is 0. The number of aliphatic carboxylic acids is 1. The highest BCUT2D eigenvalue weighted by atomic mass is 16.6. The van der Waals surface area contributed by atoms with Crippen LogP contribution in [0.4, 0.5) is 9.59 Å². The maximum atomic E-state index is 16.6. The minimum absolute atomic E-state index is 0.00906. The van der Waals surface area contributed by atoms with Gasteiger partial charge in [-0.25, -0.2) is 23.7 Å². The molecular weight excluding hydrogens is 1130 g/mol. The van der Waals surface area contributed by atoms with Crippen molar-refractivity contribution in [2.45, 2.75) is 381 Å². The number of ether oxygens (including phenoxy) is 4. The number of nitrogens with zero attached hydrogens (tertiary/aromatic N) is 3. The number of amides is 4. The standard InChI is InChI=1S/C71H136N6O12/c1-15-17-19-21-23-25-27-29-31-33-35-37-39-41-43-45-54-77(60(63(80)81)56-61(74)78,55-46-44-42-40-38-36-34-32-30-28-26-24-22-20-18-16-2)62(79)59(76(67(85)89-71(12,13)14)53-50-58(73)65(83)87-69(6,7)8)48-47-51-75(66(84)88-70(9,10)11)52-49-57(72)64(82)86-68(3,4)5/h57-60H,15-56,72-73H2,1-14H3,(H2-,74,78,80,81)/p+1/t57?,58?,59-,60-/m0/s1. The van der Waals surface area contributed by atoms with Crippen LogP contribution in [0, 0.1) is 0 Å². The van der Waals surface area contributed by atoms with Crippen molar-refractivity contribution in [3.05, 3.63) is 0 Å². The van der Waals surface area contributed by atoms with Crippen LogP contribution in [0.2, 0.25) is 0 Å². The number of carboxylic acid groups (broad SMARTS) is 1. The van der Waals surface area contributed by atoms with Crippen LogP contribution in [0.15, 0.2) is 0 Å². The molecular formula is C71H137N6O12+. The van der Waals surface area contributed by atoms with Crippen molar-refractivity contribution in [2.75, 3.05) is 32.7 Å². The van der Waals surface area contributed by atoms with E-state index < -0.39 is 99.4 Å². The molecule has 0 saturated carbocycles. The van der Waals surface area contributed by atoms with Gasteiger partial charge in [-0.3, -0.25) is 19.3 Å². The summed E-state index contributed by atoms with van der Waals surface area (Å²) in [5.41, 5.74) is 15.1. The van der Waals surface area contributed by atoms with Crippen molar-refractivity contribution in [2.24, 2.45) is 17.2 Å². The molecule has 0 saturated heterocycles. The summed E-state index contributed by atoms with van der Waals surface area (Å²) in [6, 6.07) is -5.36. The second-order valence-electron chi connectivity index (χ2n) is 29.6. The molecule has 4 atom stereocenters. The Balaban J connectivity index is 7.53. The van der Waals surface area contributed by atoms with Crippen molar-refractivity contribution in [3.63, 3.8) is 0 Å². The van der Waals surface area contributed by atoms with Crippen LogP contribution < -0.4 is 17.2 Å². The molecule has 0 spiro atoms. The molecule has 0 aromatic rings. The second kappa shape index (κ2) is 46.9. The first-order valence-electron chi connectivity index (χ1n) is 35.6. The molecule has 89 heavy (non-hydrogen) atoms. The van der Waals surface area contributed by atoms with E-state index in [-0.39, 0.29) is 58.4 Å². The molecule has 0 fully saturated rings. The van der Waals surface area contributed by atoms with Crippen LogP contribution in [-0.2, 0) is 42.9 Å². The predicted molar refractivity (Wildman–Crippen MR) is 360 cm³/mol. The fraction of sp³-hybridized carbons (Fsp3) is 0.901. The predicted octanol–water partition coefficient (Wildman–Crippen LogP) is 15.9. The van der Waals surface area contributed by atoms with E-state index in [0.29, 0.717) is 25.7 Å². The van der Waals surface area contributed by atoms with Crippen molar-refractivity contribution < 1.29 is 62.1 Å². The summed E-state index contributed by atoms with van der Waals surface area (Å²) in [6.45, 7) is 24.8. The quantitative estimate of drug-likeness (QED) is 0.0191. The monoisotopic (exact) mass is 1270 g/mol. The number of carboxylic acids is 1. The maximum absolute atomic E-state index is 16.6. The molecule has 18 nitrogen and oxygen atoms in total. The lowest BCUT2D eigenvalue weighted by atomic mass is 9.97. The molecule has 0 rings (SSSR count). The smallest absolute Gasteiger partial charge is 0.411 e. The van der Waals surface area contributed by atoms with E-state index in [2.05, 4.69) is 13.8 Å². The van der Waals surface area contributed by atoms with Gasteiger partial charge < -0.3 is 46.2 Å². The SMILES string of the molecule is CCCCCCCCCCCCCCCCCC[N+](CCCCCCCCCCCCCCCCCC)(C(=O)[C@H](CCCN(CCC(N)C(=O)OC(C)(C)C)C(=O)OC(C)(C)C)N(CCC(N)C(=O)OC(C)(C)C)C(=O)OC(C)(C)C)[C@@H](CC(N)=O)C(=O)O. The zero-order chi connectivity index (χ0) is 67.5. The Morgan fingerprint density at radius 1 is 0.404 bits per heavy atom. The van der Waals surface area contributed by atoms with Crippen LogP contribution in [-0.4, -0.2) is 141 Å². The molecule has 0 aliphatic carbocycles. The third-order valence-corrected chi connectivity index (χ3v) is 16.2. The first-order valence-corrected chi connectivity index (χ1v) is 35.6. The van der Waals surface area contributed by atoms with Gasteiger partial charge in [-0.15, -0.1) is 0 Å². The first-order chi connectivity index (χ1) is 41.7. The van der Waals surface area contributed by atoms with Crippen molar-refractivity contribution >= 4 is 41.9 Å². The van der Waals surface area contributed by atoms with Crippen molar-refractivity contribution in [1.29, 1.82) is 0 Å². The zero-order valence-electron chi connectivity index (χ0n) is 59.5. The molecule has 0 bridgehead atoms. The fourth-order valence-electron chi connectivity index (χ4n) is 11.4. The molecule has 0 aromatic carbocycles. The van der Waals surface area contributed by atoms with Crippen LogP contribution >= 0.6 is 0 Å². The Labute approximate surface area is 542 Å². The van der Waals surface area contributed by atoms with E-state index in [4.69, 9.17) is 36.1 Å². The van der Waals surface area contributed by atoms with Gasteiger partial charge in [0.05, 0.1) is 19.5 Å². The highest BCUT2D eigenvalue weighted by Gasteiger charge is 2.53. The Bertz CT molecular complexity index is 1900. The van der Waals surface area contributed by atoms with Crippen molar-refractivity contribution in [1.82, 2.24) is 9.80 Å². The average Bonchev–Trinajstić information content (AvgIpc) is 1.79. The third-order valence-electron chi connectivity index (χ3n) is 16.2. The summed E-state index contributed by atoms with van der Waals surface area (Å²) in [5.74, 6) is -4.22. The van der Waals surface area contributed by atoms with Gasteiger partial charge in [-0.05, 0) is 134 Å². The molecule has 522 valence electrons. The summed E-state index contributed by atoms with van der Waals surface area (Å²) < 4.78 is 22.4. The number of carbonyl (C=O) groups is 7. The minimum atomic E-state index is -1.60. The minimum Gasteiger partial charge on any atom is -0.477 e. The number of primary amides is 1. The van der Waals surface area contributed by atoms with Gasteiger partial charge in [0.2, 0.25) is 11.9 Å². The molecule has 18 heteroatoms. The van der Waals surface area contributed by atoms with Crippen LogP contribution in [0.1, 0.15) is 335 Å². The van der Waals surface area contributed by atoms with E-state index in [1.807, 2.05) is 0 Å². The largest absolute Gasteiger partial charge is 0.477 e. The molecule has 0 aliphatic rings. The van der Waals surface area contributed by atoms with E-state index in [1.54, 1.807) is 83.1 Å². The van der Waals surface area contributed by atoms with E-state index in [9.17, 15) is 33.9 Å². The normalized spacial score (nSPS) is 13.7. The van der Waals surface area contributed by atoms with Gasteiger partial charge in [0, 0.05) is 19.6 Å². The van der Waals surface area contributed by atoms with Gasteiger partial charge in [0.1, 0.15) is 40.5 Å². The Morgan fingerprint density at radius 3 is 1.01 bits per heavy atom. The Kier molecular flexibility index (Phi) is 44.8. The molecule has 4 amide bonds. The molecule has 0 radical (unpaired) electrons. The van der Waals surface area contributed by atoms with Gasteiger partial charge in [-0.1, -0.05) is 194 Å². The van der Waals surface area contributed by atoms with E-state index >= 15 is 4.79 Å². The number of hydrogen-bond donors (Lipinski definition) is 4. The Morgan fingerprint density at radius 2 is 0.708 bits per heavy atom. The lowest BCUT2D eigenvalue weighted by molar-refractivity contribution is -0.872. The maximum Gasteiger partial charge on any atom is 0.411 e. The topological polar surface area (TPSA) is 261 Å². The lowest BCUT2D eigenvalue weighted by Gasteiger charge is -2.44. The molecule has 7 N–H and O–H groups in total. The summed E-state index contributed by atoms with van der Waals surface area (Å²) in [5, 5.41) is 11.3. The van der Waals surface area contributed by atoms with Gasteiger partial charge in [-0.2, -0.15) is 0 Å². The van der Waals surface area contributed by atoms with Gasteiger partial charge in [0.15, 0.2) is 0 Å². The first kappa shape index (κ1) is 85.0. The van der Waals surface area contributed by atoms with Crippen molar-refractivity contribution in [3.8, 4) is 0 Å². The third kappa shape index (κ3) is 43.4. The van der Waals surface area contributed by atoms with Crippen LogP contribution in [0.3, 0.4) is 0 Å². The molecule has 0 aromatic heterocycles. The second-order valence-corrected chi connectivity index (χ2v) is 29.6. The molecule has 0 aliphatic heterocycles. The number of rotatable bonds is 52. The number of unbranched alkanes of at least 4 members (excludes halogenated alkanes) is 30. The molecule has 0 heterocycles. The summed E-state index contributed by atoms with van der Waals surface area (Å²) >= 11 is 0. The molecule has 2 unspecified atom stereocenters. The van der Waals surface area contributed by atoms with Gasteiger partial charge in [0.25, 0.3) is 0 Å². The number of quaternary nitrogens is 1. The lowest BCUT2D eigenvalue weighted by Crippen LogP contribution is -2.68. The number of esters is 2. The number of nitrogens with two attached hydrogens (primary N) is 3. The van der Waals surface area contributed by atoms with Gasteiger partial charge >= 0.3 is 36.0 Å². The summed E-state index contributed by atoms with van der Waals surface area (Å²) in [6.07, 6.45) is 33.6. The highest BCUT2D eigenvalue weighted by molar-refractivity contribution is 5.87. The number of hydrogen-bond acceptors (Lipinski definition) is 13. The number of carbonyl (C=O) groups excluding carboxylic acids is 6. The average molecular weight is 1270 g/mol. The van der Waals surface area contributed by atoms with E-state index in [0.717, 1.165) is 51.4 Å².